The van der Waals surface area contributed by atoms with Crippen molar-refractivity contribution in [3.05, 3.63) is 53.6 Å². The molecule has 2 aromatic carbocycles. The van der Waals surface area contributed by atoms with E-state index < -0.39 is 5.97 Å². The van der Waals surface area contributed by atoms with Gasteiger partial charge in [0, 0.05) is 0 Å². The van der Waals surface area contributed by atoms with Crippen LogP contribution in [0.5, 0.6) is 5.75 Å². The number of aromatic carboxylic acids is 1. The van der Waals surface area contributed by atoms with Crippen LogP contribution in [0.25, 0.3) is 11.1 Å². The van der Waals surface area contributed by atoms with E-state index >= 15 is 0 Å². The molecule has 0 aliphatic heterocycles. The summed E-state index contributed by atoms with van der Waals surface area (Å²) < 4.78 is 0. The summed E-state index contributed by atoms with van der Waals surface area (Å²) in [7, 11) is 0. The first-order valence-electron chi connectivity index (χ1n) is 5.18. The highest BCUT2D eigenvalue weighted by Gasteiger charge is 2.10. The molecule has 18 heavy (non-hydrogen) atoms. The van der Waals surface area contributed by atoms with Gasteiger partial charge in [-0.2, -0.15) is 5.26 Å². The molecule has 0 spiro atoms. The summed E-state index contributed by atoms with van der Waals surface area (Å²) in [6, 6.07) is 13.2. The second kappa shape index (κ2) is 4.60. The number of phenols is 1. The van der Waals surface area contributed by atoms with E-state index in [4.69, 9.17) is 10.4 Å². The Morgan fingerprint density at radius 1 is 1.11 bits per heavy atom. The van der Waals surface area contributed by atoms with Crippen LogP contribution in [0, 0.1) is 11.3 Å². The molecule has 0 saturated heterocycles. The molecule has 2 rings (SSSR count). The van der Waals surface area contributed by atoms with Gasteiger partial charge in [0.15, 0.2) is 0 Å². The van der Waals surface area contributed by atoms with E-state index in [2.05, 4.69) is 0 Å². The van der Waals surface area contributed by atoms with Gasteiger partial charge in [-0.25, -0.2) is 4.79 Å². The van der Waals surface area contributed by atoms with Gasteiger partial charge in [0.1, 0.15) is 11.3 Å². The monoisotopic (exact) mass is 239 g/mol. The van der Waals surface area contributed by atoms with Crippen molar-refractivity contribution < 1.29 is 15.0 Å². The van der Waals surface area contributed by atoms with E-state index in [9.17, 15) is 9.90 Å². The zero-order valence-corrected chi connectivity index (χ0v) is 9.29. The van der Waals surface area contributed by atoms with E-state index in [0.29, 0.717) is 11.1 Å². The van der Waals surface area contributed by atoms with Crippen molar-refractivity contribution in [2.24, 2.45) is 0 Å². The number of nitrogens with zero attached hydrogens (tertiary/aromatic N) is 1. The van der Waals surface area contributed by atoms with Gasteiger partial charge in [-0.3, -0.25) is 0 Å². The van der Waals surface area contributed by atoms with E-state index in [1.807, 2.05) is 6.07 Å². The SMILES string of the molecule is N#Cc1cccc(-c2ccc(C(=O)O)c(O)c2)c1. The van der Waals surface area contributed by atoms with Crippen LogP contribution in [0.3, 0.4) is 0 Å². The summed E-state index contributed by atoms with van der Waals surface area (Å²) in [6.45, 7) is 0. The van der Waals surface area contributed by atoms with Gasteiger partial charge in [0.2, 0.25) is 0 Å². The summed E-state index contributed by atoms with van der Waals surface area (Å²) in [5.41, 5.74) is 1.78. The first-order valence-corrected chi connectivity index (χ1v) is 5.18. The fourth-order valence-corrected chi connectivity index (χ4v) is 1.66. The number of benzene rings is 2. The largest absolute Gasteiger partial charge is 0.507 e. The normalized spacial score (nSPS) is 9.72. The van der Waals surface area contributed by atoms with E-state index in [0.717, 1.165) is 5.56 Å². The van der Waals surface area contributed by atoms with Gasteiger partial charge in [-0.1, -0.05) is 18.2 Å². The molecule has 0 fully saturated rings. The van der Waals surface area contributed by atoms with Crippen LogP contribution < -0.4 is 0 Å². The van der Waals surface area contributed by atoms with Crippen molar-refractivity contribution in [2.75, 3.05) is 0 Å². The number of carbonyl (C=O) groups is 1. The molecule has 0 unspecified atom stereocenters. The molecular weight excluding hydrogens is 230 g/mol. The number of aromatic hydroxyl groups is 1. The third-order valence-corrected chi connectivity index (χ3v) is 2.55. The van der Waals surface area contributed by atoms with Crippen LogP contribution in [0.2, 0.25) is 0 Å². The summed E-state index contributed by atoms with van der Waals surface area (Å²) >= 11 is 0. The van der Waals surface area contributed by atoms with Gasteiger partial charge in [-0.05, 0) is 35.4 Å². The summed E-state index contributed by atoms with van der Waals surface area (Å²) in [4.78, 5) is 10.8. The predicted molar refractivity (Wildman–Crippen MR) is 65.2 cm³/mol. The highest BCUT2D eigenvalue weighted by molar-refractivity contribution is 5.91. The lowest BCUT2D eigenvalue weighted by Crippen LogP contribution is -1.96. The van der Waals surface area contributed by atoms with Crippen molar-refractivity contribution in [2.45, 2.75) is 0 Å². The maximum atomic E-state index is 10.8. The Morgan fingerprint density at radius 3 is 2.44 bits per heavy atom. The molecule has 2 N–H and O–H groups in total. The lowest BCUT2D eigenvalue weighted by molar-refractivity contribution is 0.0694. The Balaban J connectivity index is 2.49. The Morgan fingerprint density at radius 2 is 1.83 bits per heavy atom. The van der Waals surface area contributed by atoms with E-state index in [-0.39, 0.29) is 11.3 Å². The minimum absolute atomic E-state index is 0.143. The molecule has 0 heterocycles. The number of carboxylic acids is 1. The Bertz CT molecular complexity index is 656. The molecule has 0 saturated carbocycles. The topological polar surface area (TPSA) is 81.3 Å². The molecule has 0 radical (unpaired) electrons. The second-order valence-electron chi connectivity index (χ2n) is 3.73. The van der Waals surface area contributed by atoms with Crippen LogP contribution >= 0.6 is 0 Å². The fourth-order valence-electron chi connectivity index (χ4n) is 1.66. The van der Waals surface area contributed by atoms with Crippen LogP contribution in [0.15, 0.2) is 42.5 Å². The molecule has 0 atom stereocenters. The lowest BCUT2D eigenvalue weighted by atomic mass is 10.0. The second-order valence-corrected chi connectivity index (χ2v) is 3.73. The lowest BCUT2D eigenvalue weighted by Gasteiger charge is -2.05. The highest BCUT2D eigenvalue weighted by atomic mass is 16.4. The van der Waals surface area contributed by atoms with Gasteiger partial charge < -0.3 is 10.2 Å². The molecular formula is C14H9NO3. The molecule has 4 nitrogen and oxygen atoms in total. The number of hydrogen-bond donors (Lipinski definition) is 2. The van der Waals surface area contributed by atoms with Crippen molar-refractivity contribution >= 4 is 5.97 Å². The minimum atomic E-state index is -1.18. The summed E-state index contributed by atoms with van der Waals surface area (Å²) in [6.07, 6.45) is 0. The smallest absolute Gasteiger partial charge is 0.339 e. The average molecular weight is 239 g/mol. The molecule has 0 aromatic heterocycles. The van der Waals surface area contributed by atoms with E-state index in [1.165, 1.54) is 12.1 Å². The number of hydrogen-bond acceptors (Lipinski definition) is 3. The van der Waals surface area contributed by atoms with E-state index in [1.54, 1.807) is 30.3 Å². The van der Waals surface area contributed by atoms with Gasteiger partial charge in [0.25, 0.3) is 0 Å². The maximum absolute atomic E-state index is 10.8. The molecule has 0 bridgehead atoms. The summed E-state index contributed by atoms with van der Waals surface area (Å²) in [5.74, 6) is -1.47. The minimum Gasteiger partial charge on any atom is -0.507 e. The predicted octanol–water partition coefficient (Wildman–Crippen LogP) is 2.63. The maximum Gasteiger partial charge on any atom is 0.339 e. The third kappa shape index (κ3) is 2.15. The third-order valence-electron chi connectivity index (χ3n) is 2.55. The van der Waals surface area contributed by atoms with Crippen LogP contribution in [-0.2, 0) is 0 Å². The molecule has 0 aliphatic carbocycles. The quantitative estimate of drug-likeness (QED) is 0.844. The Kier molecular flexibility index (Phi) is 2.98. The van der Waals surface area contributed by atoms with Crippen molar-refractivity contribution in [3.8, 4) is 22.9 Å². The Labute approximate surface area is 103 Å². The highest BCUT2D eigenvalue weighted by Crippen LogP contribution is 2.27. The van der Waals surface area contributed by atoms with Crippen LogP contribution in [0.1, 0.15) is 15.9 Å². The number of nitriles is 1. The van der Waals surface area contributed by atoms with Crippen molar-refractivity contribution in [1.29, 1.82) is 5.26 Å². The first kappa shape index (κ1) is 11.7. The van der Waals surface area contributed by atoms with Gasteiger partial charge in [-0.15, -0.1) is 0 Å². The Hall–Kier alpha value is -2.80. The van der Waals surface area contributed by atoms with Crippen LogP contribution in [-0.4, -0.2) is 16.2 Å². The zero-order chi connectivity index (χ0) is 13.1. The fraction of sp³-hybridized carbons (Fsp3) is 0. The van der Waals surface area contributed by atoms with Crippen molar-refractivity contribution in [3.63, 3.8) is 0 Å². The van der Waals surface area contributed by atoms with Gasteiger partial charge in [0.05, 0.1) is 11.6 Å². The summed E-state index contributed by atoms with van der Waals surface area (Å²) in [5, 5.41) is 27.2. The van der Waals surface area contributed by atoms with Crippen LogP contribution in [0.4, 0.5) is 0 Å². The van der Waals surface area contributed by atoms with Gasteiger partial charge >= 0.3 is 5.97 Å². The molecule has 4 heteroatoms. The first-order chi connectivity index (χ1) is 8.61. The van der Waals surface area contributed by atoms with Crippen molar-refractivity contribution in [1.82, 2.24) is 0 Å². The number of rotatable bonds is 2. The zero-order valence-electron chi connectivity index (χ0n) is 9.29. The molecule has 88 valence electrons. The molecule has 0 aliphatic rings. The molecule has 2 aromatic rings. The molecule has 0 amide bonds. The number of carboxylic acid groups (broad SMARTS) is 1. The standard InChI is InChI=1S/C14H9NO3/c15-8-9-2-1-3-10(6-9)11-4-5-12(14(17)18)13(16)7-11/h1-7,16H,(H,17,18). The average Bonchev–Trinajstić information content (AvgIpc) is 2.38.